The summed E-state index contributed by atoms with van der Waals surface area (Å²) < 4.78 is 5.89. The first-order valence-corrected chi connectivity index (χ1v) is 9.51. The van der Waals surface area contributed by atoms with Gasteiger partial charge in [-0.05, 0) is 37.3 Å². The number of fused-ring (bicyclic) bond motifs is 4. The largest absolute Gasteiger partial charge is 0.466 e. The number of nitrogens with zero attached hydrogens (tertiary/aromatic N) is 1. The van der Waals surface area contributed by atoms with Gasteiger partial charge in [-0.3, -0.25) is 9.59 Å². The van der Waals surface area contributed by atoms with Crippen molar-refractivity contribution in [2.45, 2.75) is 25.5 Å². The summed E-state index contributed by atoms with van der Waals surface area (Å²) in [6.07, 6.45) is 0.682. The van der Waals surface area contributed by atoms with Gasteiger partial charge in [0.2, 0.25) is 0 Å². The summed E-state index contributed by atoms with van der Waals surface area (Å²) in [5.41, 5.74) is 2.11. The van der Waals surface area contributed by atoms with E-state index in [-0.39, 0.29) is 5.91 Å². The fourth-order valence-corrected chi connectivity index (χ4v) is 4.14. The Morgan fingerprint density at radius 1 is 1.25 bits per heavy atom. The summed E-state index contributed by atoms with van der Waals surface area (Å²) >= 11 is 6.16. The molecule has 0 radical (unpaired) electrons. The molecule has 2 aliphatic heterocycles. The zero-order valence-electron chi connectivity index (χ0n) is 15.2. The SMILES string of the molecule is CC1(C(=O)N2CCc3[nH]c4ccc(Cl)cc4c3C2)Oc2ccccc2NC1=O. The van der Waals surface area contributed by atoms with E-state index in [2.05, 4.69) is 10.3 Å². The van der Waals surface area contributed by atoms with Gasteiger partial charge in [0.1, 0.15) is 5.75 Å². The molecule has 0 saturated carbocycles. The van der Waals surface area contributed by atoms with Crippen molar-refractivity contribution in [1.82, 2.24) is 9.88 Å². The van der Waals surface area contributed by atoms with Crippen LogP contribution in [0.15, 0.2) is 42.5 Å². The van der Waals surface area contributed by atoms with Crippen LogP contribution in [-0.2, 0) is 22.6 Å². The molecule has 7 heteroatoms. The zero-order valence-corrected chi connectivity index (χ0v) is 16.0. The minimum absolute atomic E-state index is 0.346. The summed E-state index contributed by atoms with van der Waals surface area (Å²) in [7, 11) is 0. The maximum absolute atomic E-state index is 13.3. The summed E-state index contributed by atoms with van der Waals surface area (Å²) in [6.45, 7) is 2.45. The predicted octanol–water partition coefficient (Wildman–Crippen LogP) is 3.50. The molecule has 5 rings (SSSR count). The van der Waals surface area contributed by atoms with Gasteiger partial charge in [0.15, 0.2) is 0 Å². The molecule has 3 heterocycles. The molecule has 2 aromatic carbocycles. The van der Waals surface area contributed by atoms with Gasteiger partial charge in [-0.2, -0.15) is 0 Å². The van der Waals surface area contributed by atoms with Crippen LogP contribution in [0.3, 0.4) is 0 Å². The first-order valence-electron chi connectivity index (χ1n) is 9.13. The van der Waals surface area contributed by atoms with Crippen LogP contribution in [-0.4, -0.2) is 33.8 Å². The van der Waals surface area contributed by atoms with Crippen LogP contribution in [0.4, 0.5) is 5.69 Å². The quantitative estimate of drug-likeness (QED) is 0.619. The second kappa shape index (κ2) is 6.01. The van der Waals surface area contributed by atoms with Crippen molar-refractivity contribution < 1.29 is 14.3 Å². The molecule has 0 saturated heterocycles. The second-order valence-corrected chi connectivity index (χ2v) is 7.77. The van der Waals surface area contributed by atoms with Crippen molar-refractivity contribution in [3.05, 3.63) is 58.7 Å². The van der Waals surface area contributed by atoms with Gasteiger partial charge < -0.3 is 19.9 Å². The second-order valence-electron chi connectivity index (χ2n) is 7.33. The highest BCUT2D eigenvalue weighted by Gasteiger charge is 2.49. The monoisotopic (exact) mass is 395 g/mol. The lowest BCUT2D eigenvalue weighted by Gasteiger charge is -2.38. The summed E-state index contributed by atoms with van der Waals surface area (Å²) in [4.78, 5) is 31.1. The Bertz CT molecular complexity index is 1140. The van der Waals surface area contributed by atoms with Gasteiger partial charge in [-0.25, -0.2) is 0 Å². The van der Waals surface area contributed by atoms with Crippen molar-refractivity contribution in [2.24, 2.45) is 0 Å². The summed E-state index contributed by atoms with van der Waals surface area (Å²) in [6, 6.07) is 12.8. The Labute approximate surface area is 166 Å². The van der Waals surface area contributed by atoms with Crippen LogP contribution in [0.5, 0.6) is 5.75 Å². The fourth-order valence-electron chi connectivity index (χ4n) is 3.97. The van der Waals surface area contributed by atoms with Crippen LogP contribution < -0.4 is 10.1 Å². The highest BCUT2D eigenvalue weighted by molar-refractivity contribution is 6.31. The number of carbonyl (C=O) groups is 2. The number of hydrogen-bond acceptors (Lipinski definition) is 3. The van der Waals surface area contributed by atoms with E-state index in [1.807, 2.05) is 24.3 Å². The third-order valence-electron chi connectivity index (χ3n) is 5.52. The lowest BCUT2D eigenvalue weighted by Crippen LogP contribution is -2.60. The third-order valence-corrected chi connectivity index (χ3v) is 5.75. The van der Waals surface area contributed by atoms with Crippen molar-refractivity contribution in [2.75, 3.05) is 11.9 Å². The molecule has 2 N–H and O–H groups in total. The Balaban J connectivity index is 1.47. The molecule has 0 aliphatic carbocycles. The maximum Gasteiger partial charge on any atom is 0.278 e. The number of rotatable bonds is 1. The van der Waals surface area contributed by atoms with Crippen LogP contribution >= 0.6 is 11.6 Å². The number of benzene rings is 2. The molecular formula is C21H18ClN3O3. The van der Waals surface area contributed by atoms with E-state index in [0.29, 0.717) is 36.0 Å². The van der Waals surface area contributed by atoms with Gasteiger partial charge in [0, 0.05) is 46.7 Å². The van der Waals surface area contributed by atoms with E-state index >= 15 is 0 Å². The van der Waals surface area contributed by atoms with Gasteiger partial charge in [0.05, 0.1) is 5.69 Å². The molecule has 2 amide bonds. The molecule has 142 valence electrons. The minimum atomic E-state index is -1.60. The van der Waals surface area contributed by atoms with Crippen LogP contribution in [0.25, 0.3) is 10.9 Å². The maximum atomic E-state index is 13.3. The molecule has 1 unspecified atom stereocenters. The molecule has 2 aliphatic rings. The van der Waals surface area contributed by atoms with Crippen molar-refractivity contribution in [3.8, 4) is 5.75 Å². The van der Waals surface area contributed by atoms with Gasteiger partial charge in [-0.15, -0.1) is 0 Å². The Morgan fingerprint density at radius 3 is 2.93 bits per heavy atom. The Kier molecular flexibility index (Phi) is 3.67. The Hall–Kier alpha value is -2.99. The number of aromatic nitrogens is 1. The molecule has 6 nitrogen and oxygen atoms in total. The third kappa shape index (κ3) is 2.48. The molecule has 1 aromatic heterocycles. The standard InChI is InChI=1S/C21H18ClN3O3/c1-21(19(26)24-17-4-2-3-5-18(17)28-21)20(27)25-9-8-16-14(11-25)13-10-12(22)6-7-15(13)23-16/h2-7,10,23H,8-9,11H2,1H3,(H,24,26). The van der Waals surface area contributed by atoms with E-state index in [1.165, 1.54) is 6.92 Å². The topological polar surface area (TPSA) is 74.4 Å². The van der Waals surface area contributed by atoms with E-state index in [1.54, 1.807) is 23.1 Å². The number of para-hydroxylation sites is 2. The number of H-pyrrole nitrogens is 1. The zero-order chi connectivity index (χ0) is 19.5. The molecule has 0 spiro atoms. The molecular weight excluding hydrogens is 378 g/mol. The summed E-state index contributed by atoms with van der Waals surface area (Å²) in [5.74, 6) is -0.306. The Morgan fingerprint density at radius 2 is 2.07 bits per heavy atom. The molecule has 3 aromatic rings. The molecule has 0 bridgehead atoms. The number of amides is 2. The van der Waals surface area contributed by atoms with E-state index in [9.17, 15) is 9.59 Å². The van der Waals surface area contributed by atoms with E-state index in [0.717, 1.165) is 22.2 Å². The average Bonchev–Trinajstić information content (AvgIpc) is 3.05. The number of anilines is 1. The van der Waals surface area contributed by atoms with Gasteiger partial charge in [-0.1, -0.05) is 23.7 Å². The summed E-state index contributed by atoms with van der Waals surface area (Å²) in [5, 5.41) is 4.44. The highest BCUT2D eigenvalue weighted by Crippen LogP contribution is 2.36. The molecule has 28 heavy (non-hydrogen) atoms. The number of halogens is 1. The molecule has 1 atom stereocenters. The lowest BCUT2D eigenvalue weighted by molar-refractivity contribution is -0.155. The highest BCUT2D eigenvalue weighted by atomic mass is 35.5. The van der Waals surface area contributed by atoms with Crippen molar-refractivity contribution in [3.63, 3.8) is 0 Å². The number of carbonyl (C=O) groups excluding carboxylic acids is 2. The van der Waals surface area contributed by atoms with Crippen LogP contribution in [0.2, 0.25) is 5.02 Å². The number of aromatic amines is 1. The number of hydrogen-bond donors (Lipinski definition) is 2. The molecule has 0 fully saturated rings. The van der Waals surface area contributed by atoms with Gasteiger partial charge >= 0.3 is 0 Å². The number of ether oxygens (including phenoxy) is 1. The smallest absolute Gasteiger partial charge is 0.278 e. The van der Waals surface area contributed by atoms with E-state index < -0.39 is 11.5 Å². The lowest BCUT2D eigenvalue weighted by atomic mass is 9.97. The fraction of sp³-hybridized carbons (Fsp3) is 0.238. The van der Waals surface area contributed by atoms with Crippen LogP contribution in [0.1, 0.15) is 18.2 Å². The average molecular weight is 396 g/mol. The minimum Gasteiger partial charge on any atom is -0.466 e. The van der Waals surface area contributed by atoms with Crippen LogP contribution in [0, 0.1) is 0 Å². The van der Waals surface area contributed by atoms with Crippen molar-refractivity contribution in [1.29, 1.82) is 0 Å². The first kappa shape index (κ1) is 17.1. The number of nitrogens with one attached hydrogen (secondary N) is 2. The predicted molar refractivity (Wildman–Crippen MR) is 107 cm³/mol. The van der Waals surface area contributed by atoms with Crippen molar-refractivity contribution >= 4 is 40.0 Å². The first-order chi connectivity index (χ1) is 13.5. The van der Waals surface area contributed by atoms with E-state index in [4.69, 9.17) is 16.3 Å². The van der Waals surface area contributed by atoms with Gasteiger partial charge in [0.25, 0.3) is 17.4 Å². The normalized spacial score (nSPS) is 20.9.